The molecule has 1 aliphatic heterocycles. The normalized spacial score (nSPS) is 18.3. The van der Waals surface area contributed by atoms with Crippen molar-refractivity contribution in [1.82, 2.24) is 20.4 Å². The largest absolute Gasteiger partial charge is 0.344 e. The van der Waals surface area contributed by atoms with Gasteiger partial charge in [0.1, 0.15) is 11.5 Å². The van der Waals surface area contributed by atoms with Crippen LogP contribution in [0.5, 0.6) is 0 Å². The van der Waals surface area contributed by atoms with Gasteiger partial charge in [0.25, 0.3) is 5.91 Å². The minimum absolute atomic E-state index is 0. The fourth-order valence-electron chi connectivity index (χ4n) is 2.86. The Morgan fingerprint density at radius 1 is 1.48 bits per heavy atom. The highest BCUT2D eigenvalue weighted by Crippen LogP contribution is 2.21. The number of halogens is 3. The van der Waals surface area contributed by atoms with Crippen LogP contribution in [0.1, 0.15) is 47.9 Å². The van der Waals surface area contributed by atoms with E-state index >= 15 is 0 Å². The predicted molar refractivity (Wildman–Crippen MR) is 97.9 cm³/mol. The van der Waals surface area contributed by atoms with Gasteiger partial charge in [0.2, 0.25) is 0 Å². The van der Waals surface area contributed by atoms with Gasteiger partial charge in [-0.1, -0.05) is 17.7 Å². The molecular formula is C17H21Cl2FN4O. The van der Waals surface area contributed by atoms with Crippen LogP contribution < -0.4 is 10.6 Å². The number of rotatable bonds is 4. The van der Waals surface area contributed by atoms with E-state index in [1.807, 2.05) is 17.8 Å². The Morgan fingerprint density at radius 2 is 2.28 bits per heavy atom. The van der Waals surface area contributed by atoms with Crippen molar-refractivity contribution in [2.75, 3.05) is 13.1 Å². The van der Waals surface area contributed by atoms with Gasteiger partial charge in [-0.05, 0) is 50.1 Å². The Balaban J connectivity index is 0.00000225. The first-order chi connectivity index (χ1) is 11.5. The minimum Gasteiger partial charge on any atom is -0.344 e. The van der Waals surface area contributed by atoms with Crippen LogP contribution in [0, 0.1) is 5.82 Å². The van der Waals surface area contributed by atoms with Crippen LogP contribution in [0.2, 0.25) is 5.02 Å². The molecule has 0 bridgehead atoms. The smallest absolute Gasteiger partial charge is 0.272 e. The van der Waals surface area contributed by atoms with Gasteiger partial charge >= 0.3 is 0 Å². The van der Waals surface area contributed by atoms with Gasteiger partial charge in [0.05, 0.1) is 17.1 Å². The second-order valence-electron chi connectivity index (χ2n) is 6.05. The zero-order chi connectivity index (χ0) is 17.1. The van der Waals surface area contributed by atoms with Crippen LogP contribution >= 0.6 is 24.0 Å². The number of nitrogens with one attached hydrogen (secondary N) is 2. The van der Waals surface area contributed by atoms with Gasteiger partial charge in [-0.25, -0.2) is 4.39 Å². The van der Waals surface area contributed by atoms with Crippen LogP contribution in [0.15, 0.2) is 30.5 Å². The van der Waals surface area contributed by atoms with Crippen molar-refractivity contribution >= 4 is 29.9 Å². The molecule has 1 aliphatic rings. The number of hydrogen-bond donors (Lipinski definition) is 2. The Morgan fingerprint density at radius 3 is 2.96 bits per heavy atom. The number of nitrogens with zero attached hydrogens (tertiary/aromatic N) is 2. The summed E-state index contributed by atoms with van der Waals surface area (Å²) < 4.78 is 15.1. The number of piperidine rings is 1. The number of amides is 1. The second-order valence-corrected chi connectivity index (χ2v) is 6.46. The van der Waals surface area contributed by atoms with E-state index in [2.05, 4.69) is 15.7 Å². The zero-order valence-electron chi connectivity index (χ0n) is 13.8. The molecule has 25 heavy (non-hydrogen) atoms. The number of aromatic nitrogens is 2. The fraction of sp³-hybridized carbons (Fsp3) is 0.412. The Bertz CT molecular complexity index is 731. The van der Waals surface area contributed by atoms with E-state index in [0.29, 0.717) is 5.69 Å². The molecule has 3 rings (SSSR count). The molecule has 2 N–H and O–H groups in total. The van der Waals surface area contributed by atoms with Crippen molar-refractivity contribution in [3.8, 4) is 0 Å². The monoisotopic (exact) mass is 386 g/mol. The highest BCUT2D eigenvalue weighted by atomic mass is 35.5. The van der Waals surface area contributed by atoms with E-state index in [9.17, 15) is 9.18 Å². The Hall–Kier alpha value is -1.63. The first kappa shape index (κ1) is 19.7. The molecule has 2 heterocycles. The maximum absolute atomic E-state index is 13.2. The van der Waals surface area contributed by atoms with Crippen molar-refractivity contribution in [3.05, 3.63) is 52.6 Å². The van der Waals surface area contributed by atoms with E-state index < -0.39 is 5.82 Å². The predicted octanol–water partition coefficient (Wildman–Crippen LogP) is 3.51. The molecule has 1 saturated heterocycles. The lowest BCUT2D eigenvalue weighted by Gasteiger charge is -2.22. The van der Waals surface area contributed by atoms with Gasteiger partial charge in [-0.15, -0.1) is 12.4 Å². The van der Waals surface area contributed by atoms with Crippen LogP contribution in [0.25, 0.3) is 0 Å². The molecule has 136 valence electrons. The first-order valence-electron chi connectivity index (χ1n) is 8.06. The summed E-state index contributed by atoms with van der Waals surface area (Å²) in [6.45, 7) is 3.72. The molecule has 1 aromatic carbocycles. The molecule has 5 nitrogen and oxygen atoms in total. The van der Waals surface area contributed by atoms with E-state index in [4.69, 9.17) is 11.6 Å². The van der Waals surface area contributed by atoms with Crippen LogP contribution in [0.3, 0.4) is 0 Å². The highest BCUT2D eigenvalue weighted by molar-refractivity contribution is 6.30. The number of benzene rings is 1. The maximum Gasteiger partial charge on any atom is 0.272 e. The lowest BCUT2D eigenvalue weighted by atomic mass is 10.1. The standard InChI is InChI=1S/C17H20ClFN4O.ClH/c1-11(12-4-5-15(19)14(18)9-12)21-17(24)16-6-8-23(22-16)13-3-2-7-20-10-13;/h4-6,8-9,11,13,20H,2-3,7,10H2,1H3,(H,21,24);1H. The van der Waals surface area contributed by atoms with E-state index in [-0.39, 0.29) is 35.4 Å². The summed E-state index contributed by atoms with van der Waals surface area (Å²) in [6, 6.07) is 6.14. The van der Waals surface area contributed by atoms with Gasteiger partial charge < -0.3 is 10.6 Å². The summed E-state index contributed by atoms with van der Waals surface area (Å²) >= 11 is 5.79. The van der Waals surface area contributed by atoms with Crippen LogP contribution in [-0.2, 0) is 0 Å². The number of carbonyl (C=O) groups excluding carboxylic acids is 1. The molecule has 0 aliphatic carbocycles. The third-order valence-electron chi connectivity index (χ3n) is 4.28. The fourth-order valence-corrected chi connectivity index (χ4v) is 3.05. The van der Waals surface area contributed by atoms with Gasteiger partial charge in [-0.3, -0.25) is 9.48 Å². The molecular weight excluding hydrogens is 366 g/mol. The Kier molecular flexibility index (Phi) is 6.81. The summed E-state index contributed by atoms with van der Waals surface area (Å²) in [5, 5.41) is 10.6. The summed E-state index contributed by atoms with van der Waals surface area (Å²) in [7, 11) is 0. The SMILES string of the molecule is CC(NC(=O)c1ccn(C2CCCNC2)n1)c1ccc(F)c(Cl)c1.Cl. The lowest BCUT2D eigenvalue weighted by molar-refractivity contribution is 0.0933. The average Bonchev–Trinajstić information content (AvgIpc) is 3.08. The zero-order valence-corrected chi connectivity index (χ0v) is 15.4. The number of hydrogen-bond acceptors (Lipinski definition) is 3. The quantitative estimate of drug-likeness (QED) is 0.844. The van der Waals surface area contributed by atoms with E-state index in [1.54, 1.807) is 12.1 Å². The molecule has 0 spiro atoms. The van der Waals surface area contributed by atoms with Crippen molar-refractivity contribution in [2.24, 2.45) is 0 Å². The second kappa shape index (κ2) is 8.65. The van der Waals surface area contributed by atoms with Gasteiger partial charge in [0.15, 0.2) is 0 Å². The third kappa shape index (κ3) is 4.71. The third-order valence-corrected chi connectivity index (χ3v) is 4.57. The molecule has 0 radical (unpaired) electrons. The molecule has 1 fully saturated rings. The van der Waals surface area contributed by atoms with Crippen LogP contribution in [-0.4, -0.2) is 28.8 Å². The van der Waals surface area contributed by atoms with E-state index in [0.717, 1.165) is 31.5 Å². The summed E-state index contributed by atoms with van der Waals surface area (Å²) in [4.78, 5) is 12.4. The van der Waals surface area contributed by atoms with Gasteiger partial charge in [-0.2, -0.15) is 5.10 Å². The van der Waals surface area contributed by atoms with Crippen molar-refractivity contribution < 1.29 is 9.18 Å². The molecule has 8 heteroatoms. The molecule has 0 saturated carbocycles. The number of carbonyl (C=O) groups is 1. The minimum atomic E-state index is -0.473. The summed E-state index contributed by atoms with van der Waals surface area (Å²) in [6.07, 6.45) is 4.00. The average molecular weight is 387 g/mol. The lowest BCUT2D eigenvalue weighted by Crippen LogP contribution is -2.32. The van der Waals surface area contributed by atoms with Crippen molar-refractivity contribution in [2.45, 2.75) is 31.8 Å². The van der Waals surface area contributed by atoms with Gasteiger partial charge in [0, 0.05) is 12.7 Å². The Labute approximate surface area is 157 Å². The van der Waals surface area contributed by atoms with Crippen molar-refractivity contribution in [1.29, 1.82) is 0 Å². The molecule has 2 atom stereocenters. The molecule has 2 aromatic rings. The molecule has 1 amide bonds. The highest BCUT2D eigenvalue weighted by Gasteiger charge is 2.19. The van der Waals surface area contributed by atoms with Crippen LogP contribution in [0.4, 0.5) is 4.39 Å². The summed E-state index contributed by atoms with van der Waals surface area (Å²) in [5.41, 5.74) is 1.12. The first-order valence-corrected chi connectivity index (χ1v) is 8.44. The summed E-state index contributed by atoms with van der Waals surface area (Å²) in [5.74, 6) is -0.732. The molecule has 2 unspecified atom stereocenters. The van der Waals surface area contributed by atoms with E-state index in [1.165, 1.54) is 12.1 Å². The van der Waals surface area contributed by atoms with Crippen molar-refractivity contribution in [3.63, 3.8) is 0 Å². The topological polar surface area (TPSA) is 59.0 Å². The molecule has 1 aromatic heterocycles. The maximum atomic E-state index is 13.2.